The molecule has 2 rings (SSSR count). The van der Waals surface area contributed by atoms with Crippen LogP contribution in [-0.2, 0) is 18.0 Å². The summed E-state index contributed by atoms with van der Waals surface area (Å²) in [6.45, 7) is 0.552. The van der Waals surface area contributed by atoms with Crippen molar-refractivity contribution < 1.29 is 13.9 Å². The summed E-state index contributed by atoms with van der Waals surface area (Å²) in [6.07, 6.45) is 0. The molecule has 0 saturated carbocycles. The molecule has 0 radical (unpaired) electrons. The second kappa shape index (κ2) is 6.79. The first-order chi connectivity index (χ1) is 9.70. The highest BCUT2D eigenvalue weighted by atomic mass is 19.1. The number of carbonyl (C=O) groups is 1. The fraction of sp³-hybridized carbons (Fsp3) is 0.133. The first-order valence-corrected chi connectivity index (χ1v) is 6.11. The van der Waals surface area contributed by atoms with Crippen LogP contribution in [0.5, 0.6) is 0 Å². The Hall–Kier alpha value is -2.24. The summed E-state index contributed by atoms with van der Waals surface area (Å²) in [7, 11) is 0. The lowest BCUT2D eigenvalue weighted by atomic mass is 10.1. The number of nitrogens with two attached hydrogens (primary N) is 1. The van der Waals surface area contributed by atoms with Gasteiger partial charge in [0.15, 0.2) is 0 Å². The first-order valence-electron chi connectivity index (χ1n) is 6.11. The number of ether oxygens (including phenoxy) is 1. The van der Waals surface area contributed by atoms with Crippen molar-refractivity contribution >= 4 is 5.91 Å². The van der Waals surface area contributed by atoms with Gasteiger partial charge in [-0.2, -0.15) is 0 Å². The van der Waals surface area contributed by atoms with E-state index in [-0.39, 0.29) is 18.3 Å². The van der Waals surface area contributed by atoms with Crippen LogP contribution in [0.2, 0.25) is 0 Å². The van der Waals surface area contributed by atoms with E-state index < -0.39 is 0 Å². The third-order valence-electron chi connectivity index (χ3n) is 2.83. The molecule has 0 aliphatic carbocycles. The van der Waals surface area contributed by atoms with Gasteiger partial charge in [0.25, 0.3) is 5.91 Å². The largest absolute Gasteiger partial charge is 0.372 e. The minimum absolute atomic E-state index is 0.206. The molecule has 2 aromatic carbocycles. The summed E-state index contributed by atoms with van der Waals surface area (Å²) in [5.74, 6) is 4.42. The molecule has 5 heteroatoms. The van der Waals surface area contributed by atoms with Gasteiger partial charge < -0.3 is 4.74 Å². The smallest absolute Gasteiger partial charge is 0.265 e. The molecular formula is C15H15FN2O2. The number of rotatable bonds is 5. The van der Waals surface area contributed by atoms with Crippen LogP contribution in [0.4, 0.5) is 4.39 Å². The molecule has 0 fully saturated rings. The molecule has 0 saturated heterocycles. The number of hydrazine groups is 1. The minimum Gasteiger partial charge on any atom is -0.372 e. The molecule has 4 nitrogen and oxygen atoms in total. The lowest BCUT2D eigenvalue weighted by Crippen LogP contribution is -2.29. The van der Waals surface area contributed by atoms with Crippen LogP contribution in [0.15, 0.2) is 48.5 Å². The quantitative estimate of drug-likeness (QED) is 0.499. The maximum absolute atomic E-state index is 13.4. The van der Waals surface area contributed by atoms with E-state index in [1.165, 1.54) is 6.07 Å². The predicted molar refractivity (Wildman–Crippen MR) is 73.0 cm³/mol. The Labute approximate surface area is 116 Å². The molecule has 2 aromatic rings. The Morgan fingerprint density at radius 1 is 1.10 bits per heavy atom. The second-order valence-electron chi connectivity index (χ2n) is 4.25. The van der Waals surface area contributed by atoms with E-state index in [0.29, 0.717) is 17.7 Å². The molecule has 0 aliphatic rings. The van der Waals surface area contributed by atoms with E-state index >= 15 is 0 Å². The van der Waals surface area contributed by atoms with Crippen molar-refractivity contribution in [3.63, 3.8) is 0 Å². The van der Waals surface area contributed by atoms with E-state index in [1.54, 1.807) is 42.5 Å². The van der Waals surface area contributed by atoms with Crippen LogP contribution in [-0.4, -0.2) is 5.91 Å². The summed E-state index contributed by atoms with van der Waals surface area (Å²) in [6, 6.07) is 13.3. The van der Waals surface area contributed by atoms with Gasteiger partial charge in [-0.3, -0.25) is 10.2 Å². The zero-order valence-corrected chi connectivity index (χ0v) is 10.8. The van der Waals surface area contributed by atoms with Crippen molar-refractivity contribution in [1.29, 1.82) is 0 Å². The highest BCUT2D eigenvalue weighted by molar-refractivity contribution is 5.93. The number of halogens is 1. The molecule has 0 unspecified atom stereocenters. The Balaban J connectivity index is 1.88. The van der Waals surface area contributed by atoms with E-state index in [1.807, 2.05) is 0 Å². The molecule has 104 valence electrons. The number of carbonyl (C=O) groups excluding carboxylic acids is 1. The maximum Gasteiger partial charge on any atom is 0.265 e. The predicted octanol–water partition coefficient (Wildman–Crippen LogP) is 2.15. The average molecular weight is 274 g/mol. The van der Waals surface area contributed by atoms with Gasteiger partial charge >= 0.3 is 0 Å². The monoisotopic (exact) mass is 274 g/mol. The normalized spacial score (nSPS) is 10.3. The number of amides is 1. The molecule has 0 bridgehead atoms. The minimum atomic E-state index is -0.344. The molecule has 20 heavy (non-hydrogen) atoms. The second-order valence-corrected chi connectivity index (χ2v) is 4.25. The van der Waals surface area contributed by atoms with Gasteiger partial charge in [-0.25, -0.2) is 10.2 Å². The maximum atomic E-state index is 13.4. The Bertz CT molecular complexity index is 585. The van der Waals surface area contributed by atoms with Gasteiger partial charge in [-0.05, 0) is 23.8 Å². The molecule has 0 aliphatic heterocycles. The number of hydrogen-bond acceptors (Lipinski definition) is 3. The highest BCUT2D eigenvalue weighted by Crippen LogP contribution is 2.10. The molecule has 1 amide bonds. The van der Waals surface area contributed by atoms with Crippen LogP contribution in [0, 0.1) is 5.82 Å². The third kappa shape index (κ3) is 3.63. The fourth-order valence-electron chi connectivity index (χ4n) is 1.73. The summed E-state index contributed by atoms with van der Waals surface area (Å²) in [4.78, 5) is 11.3. The van der Waals surface area contributed by atoms with Crippen molar-refractivity contribution in [1.82, 2.24) is 5.43 Å². The Morgan fingerprint density at radius 2 is 1.80 bits per heavy atom. The highest BCUT2D eigenvalue weighted by Gasteiger charge is 2.04. The zero-order chi connectivity index (χ0) is 14.4. The summed E-state index contributed by atoms with van der Waals surface area (Å²) in [5, 5.41) is 0. The molecule has 3 N–H and O–H groups in total. The van der Waals surface area contributed by atoms with Crippen LogP contribution >= 0.6 is 0 Å². The Kier molecular flexibility index (Phi) is 4.81. The van der Waals surface area contributed by atoms with E-state index in [2.05, 4.69) is 5.43 Å². The Morgan fingerprint density at radius 3 is 2.45 bits per heavy atom. The molecule has 0 spiro atoms. The van der Waals surface area contributed by atoms with Crippen molar-refractivity contribution in [2.45, 2.75) is 13.2 Å². The molecule has 0 aromatic heterocycles. The van der Waals surface area contributed by atoms with E-state index in [4.69, 9.17) is 10.6 Å². The summed E-state index contributed by atoms with van der Waals surface area (Å²) < 4.78 is 18.8. The summed E-state index contributed by atoms with van der Waals surface area (Å²) in [5.41, 5.74) is 3.96. The van der Waals surface area contributed by atoms with Gasteiger partial charge in [0.05, 0.1) is 13.2 Å². The van der Waals surface area contributed by atoms with Crippen molar-refractivity contribution in [2.24, 2.45) is 5.84 Å². The SMILES string of the molecule is NNC(=O)c1ccc(COCc2ccccc2F)cc1. The fourth-order valence-corrected chi connectivity index (χ4v) is 1.73. The number of nitrogen functional groups attached to an aromatic ring is 1. The van der Waals surface area contributed by atoms with Gasteiger partial charge in [-0.15, -0.1) is 0 Å². The lowest BCUT2D eigenvalue weighted by molar-refractivity contribution is 0.0952. The van der Waals surface area contributed by atoms with Gasteiger partial charge in [0, 0.05) is 11.1 Å². The van der Waals surface area contributed by atoms with E-state index in [9.17, 15) is 9.18 Å². The van der Waals surface area contributed by atoms with Gasteiger partial charge in [0.1, 0.15) is 5.82 Å². The topological polar surface area (TPSA) is 64.3 Å². The van der Waals surface area contributed by atoms with Crippen molar-refractivity contribution in [3.05, 3.63) is 71.0 Å². The zero-order valence-electron chi connectivity index (χ0n) is 10.8. The summed E-state index contributed by atoms with van der Waals surface area (Å²) >= 11 is 0. The van der Waals surface area contributed by atoms with Crippen molar-refractivity contribution in [3.8, 4) is 0 Å². The standard InChI is InChI=1S/C15H15FN2O2/c16-14-4-2-1-3-13(14)10-20-9-11-5-7-12(8-6-11)15(19)18-17/h1-8H,9-10,17H2,(H,18,19). The number of benzene rings is 2. The van der Waals surface area contributed by atoms with Gasteiger partial charge in [0.2, 0.25) is 0 Å². The third-order valence-corrected chi connectivity index (χ3v) is 2.83. The van der Waals surface area contributed by atoms with Crippen LogP contribution in [0.3, 0.4) is 0 Å². The number of nitrogens with one attached hydrogen (secondary N) is 1. The average Bonchev–Trinajstić information content (AvgIpc) is 2.49. The first kappa shape index (κ1) is 14.2. The molecule has 0 atom stereocenters. The van der Waals surface area contributed by atoms with Gasteiger partial charge in [-0.1, -0.05) is 30.3 Å². The van der Waals surface area contributed by atoms with Crippen LogP contribution in [0.25, 0.3) is 0 Å². The molecule has 0 heterocycles. The van der Waals surface area contributed by atoms with Crippen molar-refractivity contribution in [2.75, 3.05) is 0 Å². The van der Waals surface area contributed by atoms with Crippen LogP contribution in [0.1, 0.15) is 21.5 Å². The lowest BCUT2D eigenvalue weighted by Gasteiger charge is -2.06. The van der Waals surface area contributed by atoms with E-state index in [0.717, 1.165) is 5.56 Å². The number of hydrogen-bond donors (Lipinski definition) is 2. The van der Waals surface area contributed by atoms with Crippen LogP contribution < -0.4 is 11.3 Å². The molecular weight excluding hydrogens is 259 g/mol.